The van der Waals surface area contributed by atoms with Gasteiger partial charge in [-0.05, 0) is 12.8 Å². The number of hydrogen-bond acceptors (Lipinski definition) is 8. The van der Waals surface area contributed by atoms with Crippen LogP contribution in [0.3, 0.4) is 0 Å². The normalized spacial score (nSPS) is 13.2. The molecule has 1 aliphatic rings. The number of carbonyl (C=O) groups excluding carboxylic acids is 2. The van der Waals surface area contributed by atoms with Crippen LogP contribution >= 0.6 is 11.6 Å². The lowest BCUT2D eigenvalue weighted by Gasteiger charge is -2.07. The van der Waals surface area contributed by atoms with Crippen LogP contribution in [0, 0.1) is 0 Å². The third-order valence-corrected chi connectivity index (χ3v) is 5.65. The van der Waals surface area contributed by atoms with Crippen molar-refractivity contribution >= 4 is 46.6 Å². The van der Waals surface area contributed by atoms with Gasteiger partial charge in [-0.15, -0.1) is 0 Å². The summed E-state index contributed by atoms with van der Waals surface area (Å²) in [5.41, 5.74) is 17.7. The highest BCUT2D eigenvalue weighted by Crippen LogP contribution is 2.17. The Balaban J connectivity index is 1.45. The second kappa shape index (κ2) is 15.0. The highest BCUT2D eigenvalue weighted by Gasteiger charge is 2.16. The standard InChI is InChI=1S/C23H35ClN8O2/c24-19-21(26)31-20(25)18(30-19)22(34)32-23(27)29-13-9-7-5-3-1-2-4-6-8-12-17(33)15-16-11-10-14-28-16/h10,14H,1-9,11-13,15H2,(H4,25,26,31)(H3,27,29,32,34). The number of aromatic nitrogens is 2. The van der Waals surface area contributed by atoms with Crippen molar-refractivity contribution < 1.29 is 9.59 Å². The zero-order valence-electron chi connectivity index (χ0n) is 19.6. The molecule has 1 aromatic heterocycles. The predicted molar refractivity (Wildman–Crippen MR) is 137 cm³/mol. The van der Waals surface area contributed by atoms with Gasteiger partial charge in [-0.3, -0.25) is 24.9 Å². The number of carbonyl (C=O) groups is 2. The first kappa shape index (κ1) is 27.2. The van der Waals surface area contributed by atoms with E-state index in [2.05, 4.69) is 25.3 Å². The molecule has 0 aromatic carbocycles. The molecule has 10 nitrogen and oxygen atoms in total. The Morgan fingerprint density at radius 2 is 1.62 bits per heavy atom. The molecule has 0 spiro atoms. The van der Waals surface area contributed by atoms with Crippen LogP contribution in [-0.4, -0.2) is 39.9 Å². The maximum atomic E-state index is 12.2. The number of aliphatic imine (C=N–C) groups is 2. The van der Waals surface area contributed by atoms with E-state index in [-0.39, 0.29) is 28.4 Å². The number of unbranched alkanes of at least 4 members (excludes halogenated alkanes) is 8. The smallest absolute Gasteiger partial charge is 0.280 e. The summed E-state index contributed by atoms with van der Waals surface area (Å²) in [5, 5.41) is 2.32. The van der Waals surface area contributed by atoms with E-state index in [1.165, 1.54) is 25.7 Å². The molecule has 11 heteroatoms. The minimum atomic E-state index is -0.641. The van der Waals surface area contributed by atoms with Gasteiger partial charge in [0.05, 0.1) is 0 Å². The summed E-state index contributed by atoms with van der Waals surface area (Å²) in [5.74, 6) is -0.526. The van der Waals surface area contributed by atoms with Gasteiger partial charge in [0.1, 0.15) is 5.78 Å². The fourth-order valence-corrected chi connectivity index (χ4v) is 3.65. The number of halogens is 1. The minimum Gasteiger partial charge on any atom is -0.382 e. The highest BCUT2D eigenvalue weighted by molar-refractivity contribution is 6.31. The van der Waals surface area contributed by atoms with Gasteiger partial charge in [-0.25, -0.2) is 9.97 Å². The lowest BCUT2D eigenvalue weighted by molar-refractivity contribution is -0.118. The van der Waals surface area contributed by atoms with Crippen LogP contribution in [0.1, 0.15) is 87.5 Å². The van der Waals surface area contributed by atoms with Crippen molar-refractivity contribution in [3.8, 4) is 0 Å². The number of hydrogen-bond donors (Lipinski definition) is 4. The zero-order chi connectivity index (χ0) is 24.8. The third-order valence-electron chi connectivity index (χ3n) is 5.37. The molecule has 0 saturated heterocycles. The Hall–Kier alpha value is -3.01. The molecule has 2 heterocycles. The lowest BCUT2D eigenvalue weighted by Crippen LogP contribution is -2.38. The molecule has 0 bridgehead atoms. The van der Waals surface area contributed by atoms with Crippen LogP contribution in [0.15, 0.2) is 22.3 Å². The van der Waals surface area contributed by atoms with Crippen LogP contribution < -0.4 is 22.5 Å². The van der Waals surface area contributed by atoms with Crippen molar-refractivity contribution in [2.75, 3.05) is 18.0 Å². The molecule has 0 fully saturated rings. The van der Waals surface area contributed by atoms with Gasteiger partial charge in [0, 0.05) is 37.7 Å². The van der Waals surface area contributed by atoms with Crippen molar-refractivity contribution in [1.29, 1.82) is 0 Å². The van der Waals surface area contributed by atoms with Crippen LogP contribution in [0.5, 0.6) is 0 Å². The number of ketones is 1. The second-order valence-corrected chi connectivity index (χ2v) is 8.64. The maximum absolute atomic E-state index is 12.2. The zero-order valence-corrected chi connectivity index (χ0v) is 20.3. The quantitative estimate of drug-likeness (QED) is 0.165. The number of nitrogens with two attached hydrogens (primary N) is 3. The molecule has 0 unspecified atom stereocenters. The van der Waals surface area contributed by atoms with Gasteiger partial charge in [-0.1, -0.05) is 62.6 Å². The first-order valence-corrected chi connectivity index (χ1v) is 12.2. The van der Waals surface area contributed by atoms with E-state index in [1.807, 2.05) is 6.08 Å². The SMILES string of the molecule is NC(=NCCCCCCCCCCCC(=O)CC1=NC=CC1)NC(=O)c1nc(Cl)c(N)nc1N. The molecule has 34 heavy (non-hydrogen) atoms. The van der Waals surface area contributed by atoms with E-state index >= 15 is 0 Å². The number of nitrogen functional groups attached to an aromatic ring is 2. The van der Waals surface area contributed by atoms with Crippen LogP contribution in [0.4, 0.5) is 11.6 Å². The highest BCUT2D eigenvalue weighted by atomic mass is 35.5. The summed E-state index contributed by atoms with van der Waals surface area (Å²) in [4.78, 5) is 40.0. The molecular formula is C23H35ClN8O2. The number of guanidine groups is 1. The van der Waals surface area contributed by atoms with Crippen molar-refractivity contribution in [1.82, 2.24) is 15.3 Å². The van der Waals surface area contributed by atoms with Crippen molar-refractivity contribution in [2.45, 2.75) is 77.0 Å². The number of Topliss-reactive ketones (excluding diaryl/α,β-unsaturated/α-hetero) is 1. The summed E-state index contributed by atoms with van der Waals surface area (Å²) >= 11 is 5.78. The Morgan fingerprint density at radius 3 is 2.26 bits per heavy atom. The fourth-order valence-electron chi connectivity index (χ4n) is 3.53. The molecular weight excluding hydrogens is 456 g/mol. The maximum Gasteiger partial charge on any atom is 0.280 e. The van der Waals surface area contributed by atoms with Crippen molar-refractivity contribution in [2.24, 2.45) is 15.7 Å². The van der Waals surface area contributed by atoms with E-state index < -0.39 is 5.91 Å². The monoisotopic (exact) mass is 490 g/mol. The molecule has 1 aromatic rings. The molecule has 7 N–H and O–H groups in total. The molecule has 2 rings (SSSR count). The summed E-state index contributed by atoms with van der Waals surface area (Å²) < 4.78 is 0. The largest absolute Gasteiger partial charge is 0.382 e. The van der Waals surface area contributed by atoms with Crippen molar-refractivity contribution in [3.63, 3.8) is 0 Å². The molecule has 0 atom stereocenters. The number of rotatable bonds is 15. The Bertz CT molecular complexity index is 930. The van der Waals surface area contributed by atoms with E-state index in [1.54, 1.807) is 6.20 Å². The molecule has 0 saturated carbocycles. The average Bonchev–Trinajstić information content (AvgIpc) is 3.29. The Morgan fingerprint density at radius 1 is 0.971 bits per heavy atom. The van der Waals surface area contributed by atoms with Gasteiger partial charge >= 0.3 is 0 Å². The number of nitrogens with one attached hydrogen (secondary N) is 1. The first-order chi connectivity index (χ1) is 16.4. The number of amides is 1. The third kappa shape index (κ3) is 10.3. The van der Waals surface area contributed by atoms with Gasteiger partial charge in [-0.2, -0.15) is 0 Å². The number of nitrogens with zero attached hydrogens (tertiary/aromatic N) is 4. The predicted octanol–water partition coefficient (Wildman–Crippen LogP) is 3.56. The first-order valence-electron chi connectivity index (χ1n) is 11.8. The molecule has 186 valence electrons. The minimum absolute atomic E-state index is 0.00877. The van der Waals surface area contributed by atoms with E-state index in [4.69, 9.17) is 28.8 Å². The molecule has 1 amide bonds. The van der Waals surface area contributed by atoms with E-state index in [0.717, 1.165) is 44.2 Å². The average molecular weight is 491 g/mol. The topological polar surface area (TPSA) is 175 Å². The Kier molecular flexibility index (Phi) is 12.0. The van der Waals surface area contributed by atoms with E-state index in [0.29, 0.717) is 25.2 Å². The van der Waals surface area contributed by atoms with Gasteiger partial charge in [0.15, 0.2) is 28.4 Å². The van der Waals surface area contributed by atoms with Gasteiger partial charge < -0.3 is 17.2 Å². The lowest BCUT2D eigenvalue weighted by atomic mass is 10.0. The van der Waals surface area contributed by atoms with Gasteiger partial charge in [0.25, 0.3) is 5.91 Å². The Labute approximate surface area is 205 Å². The summed E-state index contributed by atoms with van der Waals surface area (Å²) in [7, 11) is 0. The van der Waals surface area contributed by atoms with Crippen LogP contribution in [0.2, 0.25) is 5.15 Å². The molecule has 0 radical (unpaired) electrons. The molecule has 0 aliphatic carbocycles. The summed E-state index contributed by atoms with van der Waals surface area (Å²) in [6, 6.07) is 0. The van der Waals surface area contributed by atoms with Gasteiger partial charge in [0.2, 0.25) is 0 Å². The fraction of sp³-hybridized carbons (Fsp3) is 0.565. The molecule has 1 aliphatic heterocycles. The number of allylic oxidation sites excluding steroid dienone is 1. The second-order valence-electron chi connectivity index (χ2n) is 8.29. The summed E-state index contributed by atoms with van der Waals surface area (Å²) in [6.07, 6.45) is 15.6. The van der Waals surface area contributed by atoms with Crippen LogP contribution in [0.25, 0.3) is 0 Å². The summed E-state index contributed by atoms with van der Waals surface area (Å²) in [6.45, 7) is 0.520. The van der Waals surface area contributed by atoms with Crippen molar-refractivity contribution in [3.05, 3.63) is 23.1 Å². The number of anilines is 2. The van der Waals surface area contributed by atoms with E-state index in [9.17, 15) is 9.59 Å². The van der Waals surface area contributed by atoms with Crippen LogP contribution in [-0.2, 0) is 4.79 Å².